The molecule has 0 unspecified atom stereocenters. The van der Waals surface area contributed by atoms with E-state index >= 15 is 0 Å². The van der Waals surface area contributed by atoms with Crippen molar-refractivity contribution < 1.29 is 25.6 Å². The van der Waals surface area contributed by atoms with Gasteiger partial charge in [0.1, 0.15) is 4.90 Å². The molecule has 0 radical (unpaired) electrons. The van der Waals surface area contributed by atoms with E-state index in [1.54, 1.807) is 0 Å². The minimum Gasteiger partial charge on any atom is -0.279 e. The highest BCUT2D eigenvalue weighted by Gasteiger charge is 2.22. The second-order valence-electron chi connectivity index (χ2n) is 4.23. The Hall–Kier alpha value is -2.04. The van der Waals surface area contributed by atoms with Crippen molar-refractivity contribution in [2.24, 2.45) is 5.14 Å². The Bertz CT molecular complexity index is 928. The highest BCUT2D eigenvalue weighted by Crippen LogP contribution is 2.22. The molecule has 0 bridgehead atoms. The van der Waals surface area contributed by atoms with Gasteiger partial charge in [-0.3, -0.25) is 4.72 Å². The third kappa shape index (κ3) is 3.40. The molecule has 22 heavy (non-hydrogen) atoms. The number of halogens is 2. The standard InChI is InChI=1S/C12H10F2N2O4S2/c13-10-5-2-6-11(12(10)14)22(19,20)16-8-3-1-4-9(7-8)21(15,17)18/h1-7,16H,(H2,15,17,18). The van der Waals surface area contributed by atoms with Crippen LogP contribution < -0.4 is 9.86 Å². The fraction of sp³-hybridized carbons (Fsp3) is 0. The number of nitrogens with two attached hydrogens (primary N) is 1. The van der Waals surface area contributed by atoms with E-state index in [9.17, 15) is 25.6 Å². The summed E-state index contributed by atoms with van der Waals surface area (Å²) in [5.41, 5.74) is -0.157. The molecule has 0 saturated carbocycles. The van der Waals surface area contributed by atoms with Gasteiger partial charge in [0.05, 0.1) is 10.6 Å². The van der Waals surface area contributed by atoms with Crippen molar-refractivity contribution in [3.05, 3.63) is 54.1 Å². The zero-order chi connectivity index (χ0) is 16.5. The molecule has 0 saturated heterocycles. The lowest BCUT2D eigenvalue weighted by Crippen LogP contribution is -2.16. The molecule has 0 aliphatic rings. The third-order valence-electron chi connectivity index (χ3n) is 2.62. The topological polar surface area (TPSA) is 106 Å². The SMILES string of the molecule is NS(=O)(=O)c1cccc(NS(=O)(=O)c2cccc(F)c2F)c1. The predicted molar refractivity (Wildman–Crippen MR) is 75.0 cm³/mol. The zero-order valence-electron chi connectivity index (χ0n) is 10.8. The van der Waals surface area contributed by atoms with Gasteiger partial charge in [-0.25, -0.2) is 30.8 Å². The molecule has 2 aromatic rings. The summed E-state index contributed by atoms with van der Waals surface area (Å²) in [5.74, 6) is -2.85. The summed E-state index contributed by atoms with van der Waals surface area (Å²) in [7, 11) is -8.46. The lowest BCUT2D eigenvalue weighted by molar-refractivity contribution is 0.485. The van der Waals surface area contributed by atoms with Gasteiger partial charge in [0, 0.05) is 0 Å². The Labute approximate surface area is 125 Å². The van der Waals surface area contributed by atoms with Crippen LogP contribution >= 0.6 is 0 Å². The second kappa shape index (κ2) is 5.63. The summed E-state index contributed by atoms with van der Waals surface area (Å²) in [6.45, 7) is 0. The highest BCUT2D eigenvalue weighted by atomic mass is 32.2. The van der Waals surface area contributed by atoms with Crippen molar-refractivity contribution >= 4 is 25.7 Å². The monoisotopic (exact) mass is 348 g/mol. The summed E-state index contributed by atoms with van der Waals surface area (Å²) in [4.78, 5) is -1.22. The predicted octanol–water partition coefficient (Wildman–Crippen LogP) is 1.41. The van der Waals surface area contributed by atoms with Crippen molar-refractivity contribution in [1.29, 1.82) is 0 Å². The maximum atomic E-state index is 13.6. The largest absolute Gasteiger partial charge is 0.279 e. The molecule has 0 atom stereocenters. The van der Waals surface area contributed by atoms with E-state index in [-0.39, 0.29) is 10.6 Å². The van der Waals surface area contributed by atoms with Crippen LogP contribution in [0.15, 0.2) is 52.3 Å². The molecule has 0 aromatic heterocycles. The Balaban J connectivity index is 2.44. The number of anilines is 1. The van der Waals surface area contributed by atoms with Crippen LogP contribution in [0.3, 0.4) is 0 Å². The Morgan fingerprint density at radius 2 is 1.59 bits per heavy atom. The molecule has 2 aromatic carbocycles. The van der Waals surface area contributed by atoms with E-state index in [4.69, 9.17) is 5.14 Å². The lowest BCUT2D eigenvalue weighted by atomic mass is 10.3. The van der Waals surface area contributed by atoms with Gasteiger partial charge in [-0.15, -0.1) is 0 Å². The first-order chi connectivity index (χ1) is 10.1. The van der Waals surface area contributed by atoms with Crippen LogP contribution in [-0.2, 0) is 20.0 Å². The number of hydrogen-bond acceptors (Lipinski definition) is 4. The van der Waals surface area contributed by atoms with E-state index in [2.05, 4.69) is 0 Å². The average Bonchev–Trinajstić information content (AvgIpc) is 2.40. The summed E-state index contributed by atoms with van der Waals surface area (Å²) < 4.78 is 75.1. The van der Waals surface area contributed by atoms with Gasteiger partial charge in [-0.1, -0.05) is 12.1 Å². The quantitative estimate of drug-likeness (QED) is 0.871. The van der Waals surface area contributed by atoms with Crippen LogP contribution in [0.4, 0.5) is 14.5 Å². The van der Waals surface area contributed by atoms with Crippen LogP contribution in [0.1, 0.15) is 0 Å². The lowest BCUT2D eigenvalue weighted by Gasteiger charge is -2.10. The number of hydrogen-bond donors (Lipinski definition) is 2. The first kappa shape index (κ1) is 16.3. The maximum absolute atomic E-state index is 13.6. The fourth-order valence-corrected chi connectivity index (χ4v) is 3.34. The number of primary sulfonamides is 1. The molecule has 6 nitrogen and oxygen atoms in total. The molecule has 118 valence electrons. The summed E-state index contributed by atoms with van der Waals surface area (Å²) in [6, 6.07) is 7.30. The molecule has 0 spiro atoms. The van der Waals surface area contributed by atoms with Gasteiger partial charge in [0.25, 0.3) is 10.0 Å². The second-order valence-corrected chi connectivity index (χ2v) is 7.44. The first-order valence-corrected chi connectivity index (χ1v) is 8.74. The molecule has 0 fully saturated rings. The molecule has 0 aliphatic carbocycles. The summed E-state index contributed by atoms with van der Waals surface area (Å²) in [5, 5.41) is 4.93. The smallest absolute Gasteiger partial charge is 0.264 e. The molecular formula is C12H10F2N2O4S2. The molecule has 2 rings (SSSR count). The van der Waals surface area contributed by atoms with Crippen LogP contribution in [0.2, 0.25) is 0 Å². The number of nitrogens with one attached hydrogen (secondary N) is 1. The van der Waals surface area contributed by atoms with Crippen molar-refractivity contribution in [3.8, 4) is 0 Å². The maximum Gasteiger partial charge on any atom is 0.264 e. The van der Waals surface area contributed by atoms with Gasteiger partial charge in [-0.05, 0) is 30.3 Å². The van der Waals surface area contributed by atoms with Gasteiger partial charge in [-0.2, -0.15) is 0 Å². The average molecular weight is 348 g/mol. The van der Waals surface area contributed by atoms with E-state index < -0.39 is 36.6 Å². The van der Waals surface area contributed by atoms with Gasteiger partial charge in [0.15, 0.2) is 11.6 Å². The van der Waals surface area contributed by atoms with Crippen LogP contribution in [0.5, 0.6) is 0 Å². The Morgan fingerprint density at radius 1 is 0.955 bits per heavy atom. The summed E-state index contributed by atoms with van der Waals surface area (Å²) >= 11 is 0. The first-order valence-electron chi connectivity index (χ1n) is 5.71. The van der Waals surface area contributed by atoms with Gasteiger partial charge >= 0.3 is 0 Å². The van der Waals surface area contributed by atoms with E-state index in [0.717, 1.165) is 30.3 Å². The van der Waals surface area contributed by atoms with E-state index in [0.29, 0.717) is 0 Å². The van der Waals surface area contributed by atoms with E-state index in [1.165, 1.54) is 12.1 Å². The normalized spacial score (nSPS) is 12.1. The molecule has 0 heterocycles. The van der Waals surface area contributed by atoms with Crippen LogP contribution in [-0.4, -0.2) is 16.8 Å². The number of benzene rings is 2. The minimum absolute atomic E-state index is 0.157. The Kier molecular flexibility index (Phi) is 4.18. The fourth-order valence-electron chi connectivity index (χ4n) is 1.64. The summed E-state index contributed by atoms with van der Waals surface area (Å²) in [6.07, 6.45) is 0. The third-order valence-corrected chi connectivity index (χ3v) is 4.93. The van der Waals surface area contributed by atoms with Crippen molar-refractivity contribution in [2.75, 3.05) is 4.72 Å². The van der Waals surface area contributed by atoms with Crippen LogP contribution in [0.25, 0.3) is 0 Å². The number of rotatable bonds is 4. The zero-order valence-corrected chi connectivity index (χ0v) is 12.5. The van der Waals surface area contributed by atoms with E-state index in [1.807, 2.05) is 4.72 Å². The molecule has 0 amide bonds. The highest BCUT2D eigenvalue weighted by molar-refractivity contribution is 7.92. The molecule has 10 heteroatoms. The van der Waals surface area contributed by atoms with Gasteiger partial charge in [0.2, 0.25) is 10.0 Å². The van der Waals surface area contributed by atoms with Crippen LogP contribution in [0, 0.1) is 11.6 Å². The molecular weight excluding hydrogens is 338 g/mol. The van der Waals surface area contributed by atoms with Crippen molar-refractivity contribution in [1.82, 2.24) is 0 Å². The molecule has 3 N–H and O–H groups in total. The Morgan fingerprint density at radius 3 is 2.23 bits per heavy atom. The van der Waals surface area contributed by atoms with Crippen molar-refractivity contribution in [2.45, 2.75) is 9.79 Å². The van der Waals surface area contributed by atoms with Gasteiger partial charge < -0.3 is 0 Å². The minimum atomic E-state index is -4.43. The van der Waals surface area contributed by atoms with Crippen molar-refractivity contribution in [3.63, 3.8) is 0 Å². The molecule has 0 aliphatic heterocycles. The number of sulfonamides is 2.